The van der Waals surface area contributed by atoms with Gasteiger partial charge in [0, 0.05) is 10.9 Å². The van der Waals surface area contributed by atoms with Crippen molar-refractivity contribution in [2.24, 2.45) is 0 Å². The van der Waals surface area contributed by atoms with Crippen LogP contribution in [0.15, 0.2) is 54.6 Å². The Balaban J connectivity index is 1.86. The molecule has 0 fully saturated rings. The van der Waals surface area contributed by atoms with Gasteiger partial charge >= 0.3 is 6.18 Å². The number of nitrogens with one attached hydrogen (secondary N) is 1. The lowest BCUT2D eigenvalue weighted by atomic mass is 9.86. The van der Waals surface area contributed by atoms with Crippen molar-refractivity contribution in [1.82, 2.24) is 20.2 Å². The molecule has 0 bridgehead atoms. The van der Waals surface area contributed by atoms with E-state index in [0.29, 0.717) is 22.4 Å². The minimum absolute atomic E-state index is 0.0118. The maximum Gasteiger partial charge on any atom is 0.435 e. The fourth-order valence-corrected chi connectivity index (χ4v) is 3.12. The summed E-state index contributed by atoms with van der Waals surface area (Å²) in [6, 6.07) is 16.1. The van der Waals surface area contributed by atoms with Crippen LogP contribution in [0.4, 0.5) is 13.2 Å². The van der Waals surface area contributed by atoms with E-state index in [9.17, 15) is 13.2 Å². The minimum atomic E-state index is -4.52. The summed E-state index contributed by atoms with van der Waals surface area (Å²) in [5.41, 5.74) is 2.22. The number of aromatic nitrogens is 4. The smallest absolute Gasteiger partial charge is 0.276 e. The summed E-state index contributed by atoms with van der Waals surface area (Å²) in [6.07, 6.45) is -4.52. The summed E-state index contributed by atoms with van der Waals surface area (Å²) in [5.74, 6) is 0.447. The van der Waals surface area contributed by atoms with Gasteiger partial charge in [0.05, 0.1) is 16.9 Å². The average Bonchev–Trinajstić information content (AvgIpc) is 3.17. The van der Waals surface area contributed by atoms with Crippen molar-refractivity contribution >= 4 is 10.9 Å². The molecule has 0 aliphatic heterocycles. The van der Waals surface area contributed by atoms with Crippen LogP contribution < -0.4 is 0 Å². The average molecular weight is 396 g/mol. The number of alkyl halides is 3. The zero-order chi connectivity index (χ0) is 20.8. The highest BCUT2D eigenvalue weighted by atomic mass is 19.4. The molecule has 0 aliphatic rings. The third-order valence-corrected chi connectivity index (χ3v) is 4.74. The van der Waals surface area contributed by atoms with Crippen molar-refractivity contribution in [1.29, 1.82) is 0 Å². The number of hydrogen-bond donors (Lipinski definition) is 1. The number of rotatable bonds is 2. The Morgan fingerprint density at radius 1 is 0.862 bits per heavy atom. The largest absolute Gasteiger partial charge is 0.435 e. The SMILES string of the molecule is CC(C)(C)c1ccc(-c2nc(-c3cc(C(F)(F)F)n[nH]3)c3ccccc3n2)cc1. The van der Waals surface area contributed by atoms with Crippen molar-refractivity contribution in [2.75, 3.05) is 0 Å². The third-order valence-electron chi connectivity index (χ3n) is 4.74. The molecule has 4 nitrogen and oxygen atoms in total. The second-order valence-corrected chi connectivity index (χ2v) is 7.90. The van der Waals surface area contributed by atoms with Crippen LogP contribution in [0.1, 0.15) is 32.0 Å². The molecular formula is C22H19F3N4. The molecular weight excluding hydrogens is 377 g/mol. The highest BCUT2D eigenvalue weighted by Gasteiger charge is 2.34. The van der Waals surface area contributed by atoms with Gasteiger partial charge in [-0.15, -0.1) is 0 Å². The number of aromatic amines is 1. The predicted molar refractivity (Wildman–Crippen MR) is 106 cm³/mol. The van der Waals surface area contributed by atoms with Crippen molar-refractivity contribution in [3.05, 3.63) is 65.9 Å². The van der Waals surface area contributed by atoms with Gasteiger partial charge in [-0.1, -0.05) is 63.2 Å². The Hall–Kier alpha value is -3.22. The summed E-state index contributed by atoms with van der Waals surface area (Å²) >= 11 is 0. The molecule has 2 heterocycles. The summed E-state index contributed by atoms with van der Waals surface area (Å²) in [5, 5.41) is 6.52. The van der Waals surface area contributed by atoms with Gasteiger partial charge in [-0.25, -0.2) is 9.97 Å². The molecule has 0 unspecified atom stereocenters. The molecule has 0 amide bonds. The van der Waals surface area contributed by atoms with Crippen LogP contribution in [0.3, 0.4) is 0 Å². The molecule has 2 aromatic carbocycles. The van der Waals surface area contributed by atoms with Crippen molar-refractivity contribution in [2.45, 2.75) is 32.4 Å². The minimum Gasteiger partial charge on any atom is -0.276 e. The van der Waals surface area contributed by atoms with Crippen LogP contribution in [0, 0.1) is 0 Å². The normalized spacial score (nSPS) is 12.5. The monoisotopic (exact) mass is 396 g/mol. The van der Waals surface area contributed by atoms with Gasteiger partial charge in [-0.2, -0.15) is 18.3 Å². The molecule has 7 heteroatoms. The fraction of sp³-hybridized carbons (Fsp3) is 0.227. The van der Waals surface area contributed by atoms with Gasteiger partial charge < -0.3 is 0 Å². The van der Waals surface area contributed by atoms with E-state index in [-0.39, 0.29) is 11.1 Å². The molecule has 4 rings (SSSR count). The molecule has 148 valence electrons. The molecule has 29 heavy (non-hydrogen) atoms. The number of para-hydroxylation sites is 1. The lowest BCUT2D eigenvalue weighted by molar-refractivity contribution is -0.141. The van der Waals surface area contributed by atoms with Gasteiger partial charge in [-0.05, 0) is 23.1 Å². The number of benzene rings is 2. The van der Waals surface area contributed by atoms with Gasteiger partial charge in [0.1, 0.15) is 0 Å². The van der Waals surface area contributed by atoms with Crippen molar-refractivity contribution in [3.8, 4) is 22.8 Å². The summed E-state index contributed by atoms with van der Waals surface area (Å²) in [7, 11) is 0. The maximum absolute atomic E-state index is 13.0. The number of fused-ring (bicyclic) bond motifs is 1. The molecule has 0 saturated heterocycles. The number of hydrogen-bond acceptors (Lipinski definition) is 3. The molecule has 0 saturated carbocycles. The van der Waals surface area contributed by atoms with Crippen LogP contribution in [0.5, 0.6) is 0 Å². The number of halogens is 3. The fourth-order valence-electron chi connectivity index (χ4n) is 3.12. The van der Waals surface area contributed by atoms with E-state index in [4.69, 9.17) is 0 Å². The van der Waals surface area contributed by atoms with Crippen LogP contribution >= 0.6 is 0 Å². The Morgan fingerprint density at radius 3 is 2.17 bits per heavy atom. The Labute approximate surface area is 165 Å². The molecule has 0 radical (unpaired) electrons. The second-order valence-electron chi connectivity index (χ2n) is 7.90. The summed E-state index contributed by atoms with van der Waals surface area (Å²) in [6.45, 7) is 6.38. The molecule has 0 spiro atoms. The first-order valence-corrected chi connectivity index (χ1v) is 9.13. The van der Waals surface area contributed by atoms with Crippen LogP contribution in [0.2, 0.25) is 0 Å². The summed E-state index contributed by atoms with van der Waals surface area (Å²) < 4.78 is 39.0. The first-order chi connectivity index (χ1) is 13.6. The first-order valence-electron chi connectivity index (χ1n) is 9.13. The maximum atomic E-state index is 13.0. The quantitative estimate of drug-likeness (QED) is 0.452. The van der Waals surface area contributed by atoms with E-state index >= 15 is 0 Å². The topological polar surface area (TPSA) is 54.5 Å². The summed E-state index contributed by atoms with van der Waals surface area (Å²) in [4.78, 5) is 9.19. The molecule has 1 N–H and O–H groups in total. The Morgan fingerprint density at radius 2 is 1.55 bits per heavy atom. The van der Waals surface area contributed by atoms with Gasteiger partial charge in [-0.3, -0.25) is 5.10 Å². The van der Waals surface area contributed by atoms with E-state index in [1.54, 1.807) is 12.1 Å². The highest BCUT2D eigenvalue weighted by molar-refractivity contribution is 5.92. The lowest BCUT2D eigenvalue weighted by Gasteiger charge is -2.19. The van der Waals surface area contributed by atoms with Crippen molar-refractivity contribution < 1.29 is 13.2 Å². The lowest BCUT2D eigenvalue weighted by Crippen LogP contribution is -2.10. The van der Waals surface area contributed by atoms with E-state index in [2.05, 4.69) is 40.9 Å². The van der Waals surface area contributed by atoms with Crippen LogP contribution in [-0.4, -0.2) is 20.2 Å². The van der Waals surface area contributed by atoms with Gasteiger partial charge in [0.15, 0.2) is 11.5 Å². The molecule has 0 atom stereocenters. The third kappa shape index (κ3) is 3.72. The Kier molecular flexibility index (Phi) is 4.41. The standard InChI is InChI=1S/C22H19F3N4/c1-21(2,3)14-10-8-13(9-11-14)20-26-16-7-5-4-6-15(16)19(27-20)17-12-18(29-28-17)22(23,24)25/h4-12H,1-3H3,(H,28,29). The highest BCUT2D eigenvalue weighted by Crippen LogP contribution is 2.33. The van der Waals surface area contributed by atoms with E-state index in [0.717, 1.165) is 11.6 Å². The van der Waals surface area contributed by atoms with E-state index in [1.165, 1.54) is 5.56 Å². The van der Waals surface area contributed by atoms with Crippen molar-refractivity contribution in [3.63, 3.8) is 0 Å². The molecule has 4 aromatic rings. The molecule has 2 aromatic heterocycles. The first kappa shape index (κ1) is 19.1. The zero-order valence-electron chi connectivity index (χ0n) is 16.2. The number of H-pyrrole nitrogens is 1. The number of nitrogens with zero attached hydrogens (tertiary/aromatic N) is 3. The second kappa shape index (κ2) is 6.69. The van der Waals surface area contributed by atoms with Crippen LogP contribution in [0.25, 0.3) is 33.7 Å². The van der Waals surface area contributed by atoms with Gasteiger partial charge in [0.2, 0.25) is 0 Å². The Bertz CT molecular complexity index is 1170. The zero-order valence-corrected chi connectivity index (χ0v) is 16.2. The van der Waals surface area contributed by atoms with Gasteiger partial charge in [0.25, 0.3) is 0 Å². The molecule has 0 aliphatic carbocycles. The predicted octanol–water partition coefficient (Wildman–Crippen LogP) is 6.00. The van der Waals surface area contributed by atoms with E-state index < -0.39 is 11.9 Å². The van der Waals surface area contributed by atoms with E-state index in [1.807, 2.05) is 36.4 Å². The van der Waals surface area contributed by atoms with Crippen LogP contribution in [-0.2, 0) is 11.6 Å².